The minimum Gasteiger partial charge on any atom is -0.456 e. The first-order chi connectivity index (χ1) is 20.3. The summed E-state index contributed by atoms with van der Waals surface area (Å²) in [5, 5.41) is 9.24. The van der Waals surface area contributed by atoms with Gasteiger partial charge in [0.1, 0.15) is 11.5 Å². The van der Waals surface area contributed by atoms with Gasteiger partial charge in [-0.1, -0.05) is 109 Å². The Bertz CT molecular complexity index is 2190. The van der Waals surface area contributed by atoms with Crippen molar-refractivity contribution < 1.29 is 4.74 Å². The first kappa shape index (κ1) is 23.4. The van der Waals surface area contributed by atoms with Crippen LogP contribution in [0.4, 0.5) is 0 Å². The van der Waals surface area contributed by atoms with Gasteiger partial charge in [0.25, 0.3) is 0 Å². The Kier molecular flexibility index (Phi) is 5.49. The first-order valence-electron chi connectivity index (χ1n) is 13.9. The van der Waals surface area contributed by atoms with Crippen molar-refractivity contribution in [3.8, 4) is 33.8 Å². The van der Waals surface area contributed by atoms with Crippen LogP contribution in [-0.2, 0) is 0 Å². The van der Waals surface area contributed by atoms with E-state index in [2.05, 4.69) is 138 Å². The summed E-state index contributed by atoms with van der Waals surface area (Å²) in [4.78, 5) is 4.54. The number of benzene rings is 7. The fraction of sp³-hybridized carbons (Fsp3) is 0. The molecule has 2 heteroatoms. The van der Waals surface area contributed by atoms with E-state index in [1.165, 1.54) is 38.2 Å². The molecule has 192 valence electrons. The van der Waals surface area contributed by atoms with Crippen molar-refractivity contribution in [2.45, 2.75) is 0 Å². The van der Waals surface area contributed by atoms with Gasteiger partial charge in [-0.15, -0.1) is 0 Å². The van der Waals surface area contributed by atoms with Gasteiger partial charge in [-0.2, -0.15) is 0 Å². The summed E-state index contributed by atoms with van der Waals surface area (Å²) in [6.07, 6.45) is 3.81. The first-order valence-corrected chi connectivity index (χ1v) is 13.9. The van der Waals surface area contributed by atoms with Gasteiger partial charge >= 0.3 is 0 Å². The van der Waals surface area contributed by atoms with Crippen LogP contribution < -0.4 is 4.74 Å². The number of fused-ring (bicyclic) bond motifs is 4. The van der Waals surface area contributed by atoms with Gasteiger partial charge in [0.2, 0.25) is 0 Å². The molecular formula is C39H25NO. The molecule has 0 aliphatic heterocycles. The Morgan fingerprint density at radius 3 is 1.80 bits per heavy atom. The van der Waals surface area contributed by atoms with Crippen LogP contribution in [0.2, 0.25) is 0 Å². The number of rotatable bonds is 4. The third kappa shape index (κ3) is 4.09. The summed E-state index contributed by atoms with van der Waals surface area (Å²) in [6, 6.07) is 49.2. The average Bonchev–Trinajstić information content (AvgIpc) is 3.04. The van der Waals surface area contributed by atoms with Crippen LogP contribution in [0.5, 0.6) is 11.5 Å². The van der Waals surface area contributed by atoms with Crippen molar-refractivity contribution in [3.63, 3.8) is 0 Å². The van der Waals surface area contributed by atoms with E-state index in [-0.39, 0.29) is 0 Å². The maximum Gasteiger partial charge on any atom is 0.143 e. The van der Waals surface area contributed by atoms with Gasteiger partial charge < -0.3 is 4.74 Å². The molecule has 0 saturated heterocycles. The average molecular weight is 524 g/mol. The van der Waals surface area contributed by atoms with Crippen molar-refractivity contribution in [1.82, 2.24) is 4.98 Å². The summed E-state index contributed by atoms with van der Waals surface area (Å²) in [7, 11) is 0. The molecule has 0 fully saturated rings. The Balaban J connectivity index is 1.29. The van der Waals surface area contributed by atoms with Crippen molar-refractivity contribution in [1.29, 1.82) is 0 Å². The molecule has 0 bridgehead atoms. The van der Waals surface area contributed by atoms with Gasteiger partial charge in [0.15, 0.2) is 0 Å². The minimum atomic E-state index is 0.803. The van der Waals surface area contributed by atoms with Gasteiger partial charge in [-0.3, -0.25) is 4.98 Å². The summed E-state index contributed by atoms with van der Waals surface area (Å²) >= 11 is 0. The maximum atomic E-state index is 6.79. The molecule has 0 saturated carbocycles. The van der Waals surface area contributed by atoms with Gasteiger partial charge in [-0.25, -0.2) is 0 Å². The Hall–Kier alpha value is -5.47. The number of hydrogen-bond donors (Lipinski definition) is 0. The molecule has 2 nitrogen and oxygen atoms in total. The zero-order valence-electron chi connectivity index (χ0n) is 22.3. The fourth-order valence-corrected chi connectivity index (χ4v) is 5.97. The smallest absolute Gasteiger partial charge is 0.143 e. The molecule has 0 N–H and O–H groups in total. The van der Waals surface area contributed by atoms with Crippen LogP contribution in [0.25, 0.3) is 65.3 Å². The second-order valence-corrected chi connectivity index (χ2v) is 10.4. The van der Waals surface area contributed by atoms with E-state index < -0.39 is 0 Å². The quantitative estimate of drug-likeness (QED) is 0.214. The molecule has 0 atom stereocenters. The van der Waals surface area contributed by atoms with Gasteiger partial charge in [0.05, 0.1) is 0 Å². The molecule has 0 unspecified atom stereocenters. The molecule has 7 aromatic carbocycles. The Morgan fingerprint density at radius 2 is 1.02 bits per heavy atom. The summed E-state index contributed by atoms with van der Waals surface area (Å²) in [6.45, 7) is 0. The topological polar surface area (TPSA) is 22.1 Å². The fourth-order valence-electron chi connectivity index (χ4n) is 5.97. The molecule has 0 amide bonds. The van der Waals surface area contributed by atoms with E-state index in [4.69, 9.17) is 4.74 Å². The molecule has 8 aromatic rings. The lowest BCUT2D eigenvalue weighted by molar-refractivity contribution is 0.494. The third-order valence-corrected chi connectivity index (χ3v) is 7.95. The van der Waals surface area contributed by atoms with Crippen molar-refractivity contribution >= 4 is 43.1 Å². The predicted octanol–water partition coefficient (Wildman–Crippen LogP) is 10.8. The molecule has 0 aliphatic rings. The minimum absolute atomic E-state index is 0.803. The summed E-state index contributed by atoms with van der Waals surface area (Å²) < 4.78 is 6.79. The monoisotopic (exact) mass is 523 g/mol. The van der Waals surface area contributed by atoms with Crippen molar-refractivity contribution in [2.24, 2.45) is 0 Å². The van der Waals surface area contributed by atoms with E-state index >= 15 is 0 Å². The second kappa shape index (κ2) is 9.62. The number of ether oxygens (including phenoxy) is 1. The van der Waals surface area contributed by atoms with E-state index in [9.17, 15) is 0 Å². The van der Waals surface area contributed by atoms with E-state index in [1.807, 2.05) is 18.5 Å². The third-order valence-electron chi connectivity index (χ3n) is 7.95. The second-order valence-electron chi connectivity index (χ2n) is 10.4. The molecule has 8 rings (SSSR count). The zero-order chi connectivity index (χ0) is 27.2. The van der Waals surface area contributed by atoms with E-state index in [0.29, 0.717) is 0 Å². The highest BCUT2D eigenvalue weighted by Crippen LogP contribution is 2.45. The Labute approximate surface area is 238 Å². The highest BCUT2D eigenvalue weighted by Gasteiger charge is 2.17. The zero-order valence-corrected chi connectivity index (χ0v) is 22.3. The molecule has 0 aliphatic carbocycles. The van der Waals surface area contributed by atoms with Crippen LogP contribution in [0.3, 0.4) is 0 Å². The van der Waals surface area contributed by atoms with Crippen LogP contribution in [0.15, 0.2) is 152 Å². The van der Waals surface area contributed by atoms with E-state index in [1.54, 1.807) is 0 Å². The molecule has 0 spiro atoms. The molecular weight excluding hydrogens is 498 g/mol. The van der Waals surface area contributed by atoms with Crippen LogP contribution in [0, 0.1) is 0 Å². The normalized spacial score (nSPS) is 11.4. The number of aromatic nitrogens is 1. The van der Waals surface area contributed by atoms with Crippen LogP contribution >= 0.6 is 0 Å². The molecule has 1 heterocycles. The highest BCUT2D eigenvalue weighted by atomic mass is 16.5. The van der Waals surface area contributed by atoms with Crippen molar-refractivity contribution in [2.75, 3.05) is 0 Å². The largest absolute Gasteiger partial charge is 0.456 e. The van der Waals surface area contributed by atoms with Gasteiger partial charge in [0, 0.05) is 28.6 Å². The molecule has 41 heavy (non-hydrogen) atoms. The number of pyridine rings is 1. The van der Waals surface area contributed by atoms with Gasteiger partial charge in [-0.05, 0) is 79.5 Å². The Morgan fingerprint density at radius 1 is 0.415 bits per heavy atom. The highest BCUT2D eigenvalue weighted by molar-refractivity contribution is 6.17. The SMILES string of the molecule is c1cc(Oc2c3ccccc3c(-c3ccc4ccccc4c3)c3cnccc23)cc(-c2ccc3ccccc3c2)c1. The van der Waals surface area contributed by atoms with Crippen LogP contribution in [0.1, 0.15) is 0 Å². The lowest BCUT2D eigenvalue weighted by atomic mass is 9.91. The lowest BCUT2D eigenvalue weighted by Crippen LogP contribution is -1.93. The number of nitrogens with zero attached hydrogens (tertiary/aromatic N) is 1. The number of hydrogen-bond acceptors (Lipinski definition) is 2. The molecule has 0 radical (unpaired) electrons. The summed E-state index contributed by atoms with van der Waals surface area (Å²) in [5.41, 5.74) is 4.63. The van der Waals surface area contributed by atoms with Crippen molar-refractivity contribution in [3.05, 3.63) is 152 Å². The standard InChI is InChI=1S/C39H25NO/c1-3-10-28-22-31(18-16-26(28)8-1)30-12-7-13-33(24-30)41-39-35-15-6-5-14-34(35)38(37-25-40-21-20-36(37)39)32-19-17-27-9-2-4-11-29(27)23-32/h1-25H. The van der Waals surface area contributed by atoms with Crippen LogP contribution in [-0.4, -0.2) is 4.98 Å². The summed E-state index contributed by atoms with van der Waals surface area (Å²) in [5.74, 6) is 1.65. The maximum absolute atomic E-state index is 6.79. The predicted molar refractivity (Wildman–Crippen MR) is 172 cm³/mol. The molecule has 1 aromatic heterocycles. The van der Waals surface area contributed by atoms with E-state index in [0.717, 1.165) is 38.6 Å². The lowest BCUT2D eigenvalue weighted by Gasteiger charge is -2.18.